The highest BCUT2D eigenvalue weighted by molar-refractivity contribution is 4.92. The number of nitrogens with zero attached hydrogens (tertiary/aromatic N) is 3. The van der Waals surface area contributed by atoms with Crippen molar-refractivity contribution in [3.63, 3.8) is 0 Å². The van der Waals surface area contributed by atoms with E-state index < -0.39 is 0 Å². The molecule has 3 atom stereocenters. The summed E-state index contributed by atoms with van der Waals surface area (Å²) in [6.45, 7) is 9.06. The van der Waals surface area contributed by atoms with Crippen molar-refractivity contribution in [1.82, 2.24) is 14.5 Å². The summed E-state index contributed by atoms with van der Waals surface area (Å²) in [7, 11) is 4.24. The predicted octanol–water partition coefficient (Wildman–Crippen LogP) is 2.64. The van der Waals surface area contributed by atoms with E-state index in [0.29, 0.717) is 17.4 Å². The van der Waals surface area contributed by atoms with Crippen LogP contribution >= 0.6 is 0 Å². The third-order valence-corrected chi connectivity index (χ3v) is 5.14. The second kappa shape index (κ2) is 6.49. The lowest BCUT2D eigenvalue weighted by Gasteiger charge is -2.41. The summed E-state index contributed by atoms with van der Waals surface area (Å²) in [6, 6.07) is 0.354. The molecule has 1 aliphatic rings. The third-order valence-electron chi connectivity index (χ3n) is 5.14. The second-order valence-corrected chi connectivity index (χ2v) is 7.95. The molecule has 0 amide bonds. The lowest BCUT2D eigenvalue weighted by atomic mass is 9.67. The van der Waals surface area contributed by atoms with Gasteiger partial charge in [-0.05, 0) is 43.6 Å². The average molecular weight is 292 g/mol. The highest BCUT2D eigenvalue weighted by Gasteiger charge is 2.34. The van der Waals surface area contributed by atoms with E-state index in [1.165, 1.54) is 19.3 Å². The van der Waals surface area contributed by atoms with Crippen molar-refractivity contribution in [3.8, 4) is 0 Å². The van der Waals surface area contributed by atoms with Crippen LogP contribution in [0.1, 0.15) is 45.9 Å². The molecule has 0 spiro atoms. The molecule has 0 saturated heterocycles. The highest BCUT2D eigenvalue weighted by atomic mass is 15.2. The monoisotopic (exact) mass is 292 g/mol. The van der Waals surface area contributed by atoms with Crippen molar-refractivity contribution in [1.29, 1.82) is 0 Å². The van der Waals surface area contributed by atoms with Gasteiger partial charge in [-0.15, -0.1) is 0 Å². The summed E-state index contributed by atoms with van der Waals surface area (Å²) in [6.07, 6.45) is 7.58. The molecule has 1 aliphatic carbocycles. The minimum Gasteiger partial charge on any atom is -0.337 e. The molecule has 0 bridgehead atoms. The maximum absolute atomic E-state index is 6.39. The molecule has 1 fully saturated rings. The van der Waals surface area contributed by atoms with Gasteiger partial charge < -0.3 is 10.3 Å². The molecule has 0 radical (unpaired) electrons. The van der Waals surface area contributed by atoms with Crippen LogP contribution in [-0.2, 0) is 13.6 Å². The van der Waals surface area contributed by atoms with E-state index in [2.05, 4.69) is 49.3 Å². The normalized spacial score (nSPS) is 27.3. The first kappa shape index (κ1) is 16.5. The van der Waals surface area contributed by atoms with Gasteiger partial charge in [-0.3, -0.25) is 4.90 Å². The van der Waals surface area contributed by atoms with Crippen LogP contribution in [0.4, 0.5) is 0 Å². The van der Waals surface area contributed by atoms with E-state index in [-0.39, 0.29) is 0 Å². The Morgan fingerprint density at radius 2 is 2.10 bits per heavy atom. The van der Waals surface area contributed by atoms with Gasteiger partial charge in [0.1, 0.15) is 5.82 Å². The van der Waals surface area contributed by atoms with E-state index in [0.717, 1.165) is 24.8 Å². The van der Waals surface area contributed by atoms with E-state index in [4.69, 9.17) is 5.73 Å². The van der Waals surface area contributed by atoms with Crippen LogP contribution in [0.2, 0.25) is 0 Å². The first-order valence-corrected chi connectivity index (χ1v) is 8.17. The Balaban J connectivity index is 1.92. The molecule has 21 heavy (non-hydrogen) atoms. The van der Waals surface area contributed by atoms with Crippen LogP contribution in [0.5, 0.6) is 0 Å². The summed E-state index contributed by atoms with van der Waals surface area (Å²) in [5, 5.41) is 0. The zero-order chi connectivity index (χ0) is 15.6. The van der Waals surface area contributed by atoms with Gasteiger partial charge in [0.05, 0.1) is 6.54 Å². The van der Waals surface area contributed by atoms with Gasteiger partial charge >= 0.3 is 0 Å². The molecule has 2 N–H and O–H groups in total. The Labute approximate surface area is 129 Å². The van der Waals surface area contributed by atoms with Gasteiger partial charge in [0, 0.05) is 32.0 Å². The van der Waals surface area contributed by atoms with E-state index in [1.54, 1.807) is 0 Å². The molecule has 3 unspecified atom stereocenters. The minimum atomic E-state index is 0.354. The zero-order valence-corrected chi connectivity index (χ0v) is 14.3. The lowest BCUT2D eigenvalue weighted by Crippen LogP contribution is -2.44. The smallest absolute Gasteiger partial charge is 0.122 e. The number of hydrogen-bond acceptors (Lipinski definition) is 3. The summed E-state index contributed by atoms with van der Waals surface area (Å²) in [5.74, 6) is 2.52. The van der Waals surface area contributed by atoms with Gasteiger partial charge in [0.15, 0.2) is 0 Å². The molecule has 0 aromatic carbocycles. The topological polar surface area (TPSA) is 47.1 Å². The lowest BCUT2D eigenvalue weighted by molar-refractivity contribution is 0.103. The van der Waals surface area contributed by atoms with Crippen molar-refractivity contribution in [3.05, 3.63) is 18.2 Å². The van der Waals surface area contributed by atoms with Crippen LogP contribution in [0.15, 0.2) is 12.4 Å². The Hall–Kier alpha value is -0.870. The number of hydrogen-bond donors (Lipinski definition) is 1. The Morgan fingerprint density at radius 1 is 1.38 bits per heavy atom. The molecular weight excluding hydrogens is 260 g/mol. The first-order valence-electron chi connectivity index (χ1n) is 8.17. The summed E-state index contributed by atoms with van der Waals surface area (Å²) in [4.78, 5) is 6.79. The van der Waals surface area contributed by atoms with Crippen LogP contribution in [0, 0.1) is 17.3 Å². The van der Waals surface area contributed by atoms with Crippen molar-refractivity contribution < 1.29 is 0 Å². The molecule has 120 valence electrons. The van der Waals surface area contributed by atoms with E-state index >= 15 is 0 Å². The first-order chi connectivity index (χ1) is 9.77. The van der Waals surface area contributed by atoms with Crippen LogP contribution in [-0.4, -0.2) is 34.1 Å². The second-order valence-electron chi connectivity index (χ2n) is 7.95. The molecule has 4 nitrogen and oxygen atoms in total. The van der Waals surface area contributed by atoms with Crippen molar-refractivity contribution in [2.24, 2.45) is 30.0 Å². The summed E-state index contributed by atoms with van der Waals surface area (Å²) >= 11 is 0. The molecule has 4 heteroatoms. The van der Waals surface area contributed by atoms with Gasteiger partial charge in [-0.2, -0.15) is 0 Å². The van der Waals surface area contributed by atoms with Crippen molar-refractivity contribution in [2.75, 3.05) is 13.6 Å². The quantitative estimate of drug-likeness (QED) is 0.928. The van der Waals surface area contributed by atoms with Crippen LogP contribution < -0.4 is 5.73 Å². The third kappa shape index (κ3) is 4.30. The number of rotatable bonds is 4. The Kier molecular flexibility index (Phi) is 5.10. The van der Waals surface area contributed by atoms with E-state index in [1.807, 2.05) is 12.4 Å². The largest absolute Gasteiger partial charge is 0.337 e. The van der Waals surface area contributed by atoms with E-state index in [9.17, 15) is 0 Å². The molecule has 0 aliphatic heterocycles. The van der Waals surface area contributed by atoms with Gasteiger partial charge in [-0.25, -0.2) is 4.98 Å². The number of nitrogens with two attached hydrogens (primary N) is 1. The fraction of sp³-hybridized carbons (Fsp3) is 0.824. The molecule has 1 aromatic heterocycles. The average Bonchev–Trinajstić information content (AvgIpc) is 2.76. The maximum atomic E-state index is 6.39. The van der Waals surface area contributed by atoms with Gasteiger partial charge in [0.25, 0.3) is 0 Å². The molecule has 1 aromatic rings. The molecular formula is C17H32N4. The number of aromatic nitrogens is 2. The van der Waals surface area contributed by atoms with Crippen LogP contribution in [0.25, 0.3) is 0 Å². The number of imidazole rings is 1. The van der Waals surface area contributed by atoms with Gasteiger partial charge in [-0.1, -0.05) is 20.8 Å². The standard InChI is InChI=1S/C17H32N4/c1-17(2,3)14-6-7-15(18)13(10-14)11-20(4)12-16-19-8-9-21(16)5/h8-9,13-15H,6-7,10-12,18H2,1-5H3. The zero-order valence-electron chi connectivity index (χ0n) is 14.3. The minimum absolute atomic E-state index is 0.354. The molecule has 1 heterocycles. The SMILES string of the molecule is CN(Cc1nccn1C)CC1CC(C(C)(C)C)CCC1N. The predicted molar refractivity (Wildman–Crippen MR) is 87.8 cm³/mol. The summed E-state index contributed by atoms with van der Waals surface area (Å²) < 4.78 is 2.09. The fourth-order valence-electron chi connectivity index (χ4n) is 3.54. The molecule has 2 rings (SSSR count). The van der Waals surface area contributed by atoms with Crippen molar-refractivity contribution >= 4 is 0 Å². The van der Waals surface area contributed by atoms with Crippen LogP contribution in [0.3, 0.4) is 0 Å². The molecule has 1 saturated carbocycles. The van der Waals surface area contributed by atoms with Gasteiger partial charge in [0.2, 0.25) is 0 Å². The number of aryl methyl sites for hydroxylation is 1. The summed E-state index contributed by atoms with van der Waals surface area (Å²) in [5.41, 5.74) is 6.79. The maximum Gasteiger partial charge on any atom is 0.122 e. The fourth-order valence-corrected chi connectivity index (χ4v) is 3.54. The Bertz CT molecular complexity index is 446. The Morgan fingerprint density at radius 3 is 2.67 bits per heavy atom. The van der Waals surface area contributed by atoms with Crippen molar-refractivity contribution in [2.45, 2.75) is 52.6 Å². The highest BCUT2D eigenvalue weighted by Crippen LogP contribution is 2.40.